The van der Waals surface area contributed by atoms with E-state index in [2.05, 4.69) is 5.32 Å². The van der Waals surface area contributed by atoms with Gasteiger partial charge >= 0.3 is 0 Å². The zero-order valence-corrected chi connectivity index (χ0v) is 7.14. The molecule has 2 atom stereocenters. The molecular formula is C7H17NO4. The van der Waals surface area contributed by atoms with Crippen molar-refractivity contribution < 1.29 is 20.4 Å². The lowest BCUT2D eigenvalue weighted by molar-refractivity contribution is -0.0931. The first-order valence-electron chi connectivity index (χ1n) is 3.94. The number of nitrogens with one attached hydrogen (secondary N) is 1. The van der Waals surface area contributed by atoms with Crippen molar-refractivity contribution in [3.8, 4) is 0 Å². The van der Waals surface area contributed by atoms with Crippen molar-refractivity contribution >= 4 is 0 Å². The third-order valence-corrected chi connectivity index (χ3v) is 1.59. The molecular weight excluding hydrogens is 162 g/mol. The van der Waals surface area contributed by atoms with Gasteiger partial charge in [-0.25, -0.2) is 0 Å². The monoisotopic (exact) mass is 179 g/mol. The summed E-state index contributed by atoms with van der Waals surface area (Å²) in [6, 6.07) is 0. The smallest absolute Gasteiger partial charge is 0.154 e. The molecule has 0 aliphatic heterocycles. The Morgan fingerprint density at radius 2 is 1.67 bits per heavy atom. The van der Waals surface area contributed by atoms with Crippen molar-refractivity contribution in [2.75, 3.05) is 13.6 Å². The summed E-state index contributed by atoms with van der Waals surface area (Å²) >= 11 is 0. The maximum Gasteiger partial charge on any atom is 0.154 e. The van der Waals surface area contributed by atoms with E-state index in [4.69, 9.17) is 15.3 Å². The van der Waals surface area contributed by atoms with Gasteiger partial charge in [-0.15, -0.1) is 0 Å². The fraction of sp³-hybridized carbons (Fsp3) is 1.00. The molecule has 0 saturated carbocycles. The summed E-state index contributed by atoms with van der Waals surface area (Å²) in [5.41, 5.74) is 0. The average Bonchev–Trinajstić information content (AvgIpc) is 1.98. The first kappa shape index (κ1) is 11.8. The Bertz CT molecular complexity index is 110. The third-order valence-electron chi connectivity index (χ3n) is 1.59. The summed E-state index contributed by atoms with van der Waals surface area (Å²) in [6.45, 7) is 0.583. The molecule has 0 radical (unpaired) electrons. The van der Waals surface area contributed by atoms with Crippen molar-refractivity contribution in [1.82, 2.24) is 5.32 Å². The molecule has 0 aromatic carbocycles. The quantitative estimate of drug-likeness (QED) is 0.305. The molecule has 0 spiro atoms. The first-order chi connectivity index (χ1) is 5.57. The zero-order valence-electron chi connectivity index (χ0n) is 7.14. The van der Waals surface area contributed by atoms with Gasteiger partial charge in [-0.05, 0) is 20.0 Å². The van der Waals surface area contributed by atoms with Crippen LogP contribution in [0, 0.1) is 0 Å². The molecule has 2 unspecified atom stereocenters. The molecule has 0 aliphatic carbocycles. The fourth-order valence-electron chi connectivity index (χ4n) is 0.858. The van der Waals surface area contributed by atoms with Gasteiger partial charge in [0.2, 0.25) is 0 Å². The normalized spacial score (nSPS) is 16.5. The van der Waals surface area contributed by atoms with Gasteiger partial charge in [-0.1, -0.05) is 0 Å². The lowest BCUT2D eigenvalue weighted by Crippen LogP contribution is -2.32. The van der Waals surface area contributed by atoms with E-state index in [1.165, 1.54) is 0 Å². The number of hydrogen-bond donors (Lipinski definition) is 5. The van der Waals surface area contributed by atoms with Gasteiger partial charge in [-0.2, -0.15) is 0 Å². The Balaban J connectivity index is 3.53. The van der Waals surface area contributed by atoms with E-state index in [-0.39, 0.29) is 6.42 Å². The Morgan fingerprint density at radius 1 is 1.08 bits per heavy atom. The van der Waals surface area contributed by atoms with Crippen molar-refractivity contribution in [3.63, 3.8) is 0 Å². The van der Waals surface area contributed by atoms with Crippen LogP contribution in [0.4, 0.5) is 0 Å². The second-order valence-corrected chi connectivity index (χ2v) is 2.74. The largest absolute Gasteiger partial charge is 0.390 e. The maximum atomic E-state index is 9.19. The third kappa shape index (κ3) is 5.45. The molecule has 5 N–H and O–H groups in total. The second kappa shape index (κ2) is 6.33. The Hall–Kier alpha value is -0.200. The summed E-state index contributed by atoms with van der Waals surface area (Å²) in [7, 11) is 1.74. The molecule has 0 bridgehead atoms. The van der Waals surface area contributed by atoms with Gasteiger partial charge in [-0.3, -0.25) is 0 Å². The molecule has 12 heavy (non-hydrogen) atoms. The van der Waals surface area contributed by atoms with E-state index in [0.717, 1.165) is 0 Å². The molecule has 0 amide bonds. The zero-order chi connectivity index (χ0) is 9.56. The van der Waals surface area contributed by atoms with Gasteiger partial charge in [0.05, 0.1) is 12.2 Å². The summed E-state index contributed by atoms with van der Waals surface area (Å²) in [6.07, 6.45) is -3.36. The van der Waals surface area contributed by atoms with Crippen LogP contribution in [-0.2, 0) is 0 Å². The molecule has 5 nitrogen and oxygen atoms in total. The van der Waals surface area contributed by atoms with Crippen molar-refractivity contribution in [2.24, 2.45) is 0 Å². The first-order valence-corrected chi connectivity index (χ1v) is 3.94. The second-order valence-electron chi connectivity index (χ2n) is 2.74. The van der Waals surface area contributed by atoms with Crippen LogP contribution < -0.4 is 5.32 Å². The lowest BCUT2D eigenvalue weighted by atomic mass is 10.1. The summed E-state index contributed by atoms with van der Waals surface area (Å²) in [5.74, 6) is 0. The van der Waals surface area contributed by atoms with Crippen LogP contribution in [0.2, 0.25) is 0 Å². The van der Waals surface area contributed by atoms with Crippen LogP contribution in [0.5, 0.6) is 0 Å². The van der Waals surface area contributed by atoms with Crippen LogP contribution in [0.1, 0.15) is 12.8 Å². The summed E-state index contributed by atoms with van der Waals surface area (Å²) in [4.78, 5) is 0. The van der Waals surface area contributed by atoms with Crippen LogP contribution in [0.25, 0.3) is 0 Å². The molecule has 5 heteroatoms. The van der Waals surface area contributed by atoms with Crippen molar-refractivity contribution in [2.45, 2.75) is 31.3 Å². The van der Waals surface area contributed by atoms with Gasteiger partial charge in [0.25, 0.3) is 0 Å². The van der Waals surface area contributed by atoms with Crippen LogP contribution in [0.3, 0.4) is 0 Å². The number of hydrogen-bond acceptors (Lipinski definition) is 5. The van der Waals surface area contributed by atoms with Gasteiger partial charge in [0.15, 0.2) is 6.29 Å². The minimum absolute atomic E-state index is 0.217. The molecule has 0 heterocycles. The topological polar surface area (TPSA) is 93.0 Å². The van der Waals surface area contributed by atoms with Gasteiger partial charge in [0.1, 0.15) is 0 Å². The predicted octanol–water partition coefficient (Wildman–Crippen LogP) is -1.98. The molecule has 0 fully saturated rings. The highest BCUT2D eigenvalue weighted by atomic mass is 16.5. The fourth-order valence-corrected chi connectivity index (χ4v) is 0.858. The van der Waals surface area contributed by atoms with E-state index in [9.17, 15) is 5.11 Å². The van der Waals surface area contributed by atoms with E-state index < -0.39 is 18.5 Å². The van der Waals surface area contributed by atoms with Gasteiger partial charge < -0.3 is 25.7 Å². The number of aliphatic hydroxyl groups excluding tert-OH is 3. The Kier molecular flexibility index (Phi) is 6.23. The van der Waals surface area contributed by atoms with E-state index in [1.807, 2.05) is 0 Å². The minimum atomic E-state index is -1.57. The van der Waals surface area contributed by atoms with E-state index in [1.54, 1.807) is 7.05 Å². The number of rotatable bonds is 6. The van der Waals surface area contributed by atoms with Crippen LogP contribution in [-0.4, -0.2) is 52.5 Å². The molecule has 0 aromatic heterocycles. The van der Waals surface area contributed by atoms with Crippen LogP contribution in [0.15, 0.2) is 0 Å². The van der Waals surface area contributed by atoms with Crippen molar-refractivity contribution in [3.05, 3.63) is 0 Å². The molecule has 74 valence electrons. The molecule has 0 aliphatic rings. The minimum Gasteiger partial charge on any atom is -0.390 e. The Morgan fingerprint density at radius 3 is 2.08 bits per heavy atom. The van der Waals surface area contributed by atoms with E-state index >= 15 is 0 Å². The predicted molar refractivity (Wildman–Crippen MR) is 43.4 cm³/mol. The standard InChI is InChI=1S/C7H17NO4/c1-8-3-2-5(9)6(10)4-7(11)12/h5-12H,2-4H2,1H3. The van der Waals surface area contributed by atoms with Gasteiger partial charge in [0, 0.05) is 6.42 Å². The summed E-state index contributed by atoms with van der Waals surface area (Å²) in [5, 5.41) is 38.0. The highest BCUT2D eigenvalue weighted by Crippen LogP contribution is 2.04. The molecule has 0 saturated heterocycles. The number of aliphatic hydroxyl groups is 4. The average molecular weight is 179 g/mol. The van der Waals surface area contributed by atoms with Crippen LogP contribution >= 0.6 is 0 Å². The highest BCUT2D eigenvalue weighted by molar-refractivity contribution is 4.68. The maximum absolute atomic E-state index is 9.19. The highest BCUT2D eigenvalue weighted by Gasteiger charge is 2.17. The lowest BCUT2D eigenvalue weighted by Gasteiger charge is -2.18. The Labute approximate surface area is 71.7 Å². The molecule has 0 rings (SSSR count). The SMILES string of the molecule is CNCCC(O)C(O)CC(O)O. The molecule has 0 aromatic rings. The van der Waals surface area contributed by atoms with E-state index in [0.29, 0.717) is 13.0 Å². The summed E-state index contributed by atoms with van der Waals surface area (Å²) < 4.78 is 0. The van der Waals surface area contributed by atoms with Crippen molar-refractivity contribution in [1.29, 1.82) is 0 Å².